The average Bonchev–Trinajstić information content (AvgIpc) is 3.05. The van der Waals surface area contributed by atoms with Crippen LogP contribution in [0.3, 0.4) is 0 Å². The predicted octanol–water partition coefficient (Wildman–Crippen LogP) is 4.98. The first-order valence-electron chi connectivity index (χ1n) is 8.27. The third kappa shape index (κ3) is 5.70. The normalized spacial score (nSPS) is 14.0. The quantitative estimate of drug-likeness (QED) is 0.391. The minimum absolute atomic E-state index is 0.171. The molecule has 0 spiro atoms. The van der Waals surface area contributed by atoms with E-state index in [0.717, 1.165) is 16.7 Å². The van der Waals surface area contributed by atoms with Crippen LogP contribution in [-0.2, 0) is 11.3 Å². The van der Waals surface area contributed by atoms with Gasteiger partial charge in [-0.1, -0.05) is 6.58 Å². The number of aromatic nitrogens is 3. The molecule has 2 heterocycles. The minimum atomic E-state index is -0.610. The van der Waals surface area contributed by atoms with Gasteiger partial charge in [0.2, 0.25) is 11.7 Å². The van der Waals surface area contributed by atoms with Gasteiger partial charge in [-0.3, -0.25) is 9.39 Å². The Balaban J connectivity index is 2.15. The van der Waals surface area contributed by atoms with Crippen molar-refractivity contribution in [3.05, 3.63) is 71.8 Å². The van der Waals surface area contributed by atoms with Crippen molar-refractivity contribution in [3.8, 4) is 0 Å². The molecule has 0 saturated heterocycles. The van der Waals surface area contributed by atoms with Gasteiger partial charge in [-0.25, -0.2) is 14.4 Å². The highest BCUT2D eigenvalue weighted by Gasteiger charge is 2.07. The molecule has 2 aromatic rings. The number of hydrogen-bond acceptors (Lipinski definition) is 4. The van der Waals surface area contributed by atoms with Crippen molar-refractivity contribution in [2.75, 3.05) is 7.05 Å². The van der Waals surface area contributed by atoms with Crippen molar-refractivity contribution in [2.24, 2.45) is 4.99 Å². The number of imidazole rings is 1. The molecule has 0 radical (unpaired) electrons. The summed E-state index contributed by atoms with van der Waals surface area (Å²) in [5.74, 6) is -0.0457. The van der Waals surface area contributed by atoms with Crippen molar-refractivity contribution >= 4 is 17.3 Å². The highest BCUT2D eigenvalue weighted by Crippen LogP contribution is 2.20. The van der Waals surface area contributed by atoms with Crippen LogP contribution < -0.4 is 0 Å². The first-order valence-corrected chi connectivity index (χ1v) is 8.27. The molecule has 0 atom stereocenters. The number of aliphatic imine (C=N–C) groups is 1. The molecule has 0 N–H and O–H groups in total. The van der Waals surface area contributed by atoms with Crippen LogP contribution in [0, 0.1) is 0 Å². The summed E-state index contributed by atoms with van der Waals surface area (Å²) in [6.07, 6.45) is 9.41. The van der Waals surface area contributed by atoms with E-state index in [2.05, 4.69) is 21.5 Å². The van der Waals surface area contributed by atoms with E-state index in [4.69, 9.17) is 4.74 Å². The van der Waals surface area contributed by atoms with Crippen molar-refractivity contribution in [1.29, 1.82) is 0 Å². The van der Waals surface area contributed by atoms with Crippen molar-refractivity contribution in [2.45, 2.75) is 27.4 Å². The number of rotatable bonds is 7. The average molecular weight is 372 g/mol. The standard InChI is InChI=1S/C20H22F2N4O/c1-13(8-14(2)21)16(4)17-9-24-20-25-18(11-26(20)10-17)12-27-15(3)6-7-19(22)23-5/h6-11H,3,12H2,1-2,4-5H3/b7-6-,14-8+,16-13+,23-19+. The van der Waals surface area contributed by atoms with Crippen LogP contribution in [0.2, 0.25) is 0 Å². The Morgan fingerprint density at radius 3 is 2.67 bits per heavy atom. The zero-order valence-electron chi connectivity index (χ0n) is 15.8. The van der Waals surface area contributed by atoms with E-state index in [1.54, 1.807) is 16.8 Å². The van der Waals surface area contributed by atoms with E-state index in [0.29, 0.717) is 17.2 Å². The van der Waals surface area contributed by atoms with Gasteiger partial charge in [0.1, 0.15) is 12.4 Å². The molecule has 0 unspecified atom stereocenters. The zero-order chi connectivity index (χ0) is 20.0. The highest BCUT2D eigenvalue weighted by molar-refractivity contribution is 5.86. The lowest BCUT2D eigenvalue weighted by molar-refractivity contribution is 0.209. The number of hydrogen-bond donors (Lipinski definition) is 0. The summed E-state index contributed by atoms with van der Waals surface area (Å²) in [7, 11) is 1.36. The molecule has 0 aliphatic carbocycles. The predicted molar refractivity (Wildman–Crippen MR) is 104 cm³/mol. The van der Waals surface area contributed by atoms with Gasteiger partial charge in [0, 0.05) is 31.2 Å². The maximum absolute atomic E-state index is 13.1. The molecular weight excluding hydrogens is 350 g/mol. The number of fused-ring (bicyclic) bond motifs is 1. The Kier molecular flexibility index (Phi) is 6.76. The van der Waals surface area contributed by atoms with Crippen LogP contribution in [0.25, 0.3) is 11.4 Å². The van der Waals surface area contributed by atoms with Crippen LogP contribution in [-0.4, -0.2) is 27.4 Å². The van der Waals surface area contributed by atoms with Crippen LogP contribution in [0.5, 0.6) is 0 Å². The molecular formula is C20H22F2N4O. The van der Waals surface area contributed by atoms with Crippen molar-refractivity contribution in [3.63, 3.8) is 0 Å². The fourth-order valence-corrected chi connectivity index (χ4v) is 2.28. The third-order valence-electron chi connectivity index (χ3n) is 3.83. The van der Waals surface area contributed by atoms with E-state index >= 15 is 0 Å². The summed E-state index contributed by atoms with van der Waals surface area (Å²) in [5.41, 5.74) is 3.26. The Hall–Kier alpha value is -3.09. The maximum Gasteiger partial charge on any atom is 0.234 e. The van der Waals surface area contributed by atoms with E-state index in [9.17, 15) is 8.78 Å². The molecule has 0 saturated carbocycles. The fourth-order valence-electron chi connectivity index (χ4n) is 2.28. The van der Waals surface area contributed by atoms with Gasteiger partial charge in [-0.05, 0) is 50.1 Å². The van der Waals surface area contributed by atoms with Crippen LogP contribution >= 0.6 is 0 Å². The largest absolute Gasteiger partial charge is 0.488 e. The van der Waals surface area contributed by atoms with Gasteiger partial charge < -0.3 is 4.74 Å². The summed E-state index contributed by atoms with van der Waals surface area (Å²) in [6, 6.07) is 0. The Labute approximate surface area is 157 Å². The van der Waals surface area contributed by atoms with E-state index in [1.807, 2.05) is 20.0 Å². The number of ether oxygens (including phenoxy) is 1. The maximum atomic E-state index is 13.1. The highest BCUT2D eigenvalue weighted by atomic mass is 19.1. The monoisotopic (exact) mass is 372 g/mol. The molecule has 0 fully saturated rings. The molecule has 0 aliphatic rings. The van der Waals surface area contributed by atoms with Crippen LogP contribution in [0.1, 0.15) is 32.0 Å². The molecule has 5 nitrogen and oxygen atoms in total. The summed E-state index contributed by atoms with van der Waals surface area (Å²) < 4.78 is 33.3. The molecule has 142 valence electrons. The number of nitrogens with zero attached hydrogens (tertiary/aromatic N) is 4. The van der Waals surface area contributed by atoms with Gasteiger partial charge in [-0.15, -0.1) is 0 Å². The molecule has 2 aromatic heterocycles. The number of halogens is 2. The van der Waals surface area contributed by atoms with Crippen molar-refractivity contribution < 1.29 is 13.5 Å². The molecule has 0 aromatic carbocycles. The summed E-state index contributed by atoms with van der Waals surface area (Å²) in [5, 5.41) is 0. The Morgan fingerprint density at radius 1 is 1.26 bits per heavy atom. The minimum Gasteiger partial charge on any atom is -0.488 e. The summed E-state index contributed by atoms with van der Waals surface area (Å²) in [6.45, 7) is 9.03. The lowest BCUT2D eigenvalue weighted by Crippen LogP contribution is -1.92. The summed E-state index contributed by atoms with van der Waals surface area (Å²) >= 11 is 0. The van der Waals surface area contributed by atoms with Gasteiger partial charge in [-0.2, -0.15) is 4.39 Å². The molecule has 27 heavy (non-hydrogen) atoms. The lowest BCUT2D eigenvalue weighted by atomic mass is 10.1. The fraction of sp³-hybridized carbons (Fsp3) is 0.250. The third-order valence-corrected chi connectivity index (χ3v) is 3.83. The van der Waals surface area contributed by atoms with Crippen molar-refractivity contribution in [1.82, 2.24) is 14.4 Å². The smallest absolute Gasteiger partial charge is 0.234 e. The Morgan fingerprint density at radius 2 is 2.00 bits per heavy atom. The molecule has 0 amide bonds. The first kappa shape index (κ1) is 20.2. The Bertz CT molecular complexity index is 964. The van der Waals surface area contributed by atoms with Gasteiger partial charge >= 0.3 is 0 Å². The van der Waals surface area contributed by atoms with Gasteiger partial charge in [0.25, 0.3) is 0 Å². The molecule has 0 bridgehead atoms. The van der Waals surface area contributed by atoms with Crippen LogP contribution in [0.4, 0.5) is 8.78 Å². The van der Waals surface area contributed by atoms with E-state index < -0.39 is 5.97 Å². The second-order valence-electron chi connectivity index (χ2n) is 5.96. The van der Waals surface area contributed by atoms with Crippen LogP contribution in [0.15, 0.2) is 65.5 Å². The molecule has 2 rings (SSSR count). The zero-order valence-corrected chi connectivity index (χ0v) is 15.8. The number of allylic oxidation sites excluding steroid dienone is 6. The summed E-state index contributed by atoms with van der Waals surface area (Å²) in [4.78, 5) is 12.1. The second kappa shape index (κ2) is 9.02. The lowest BCUT2D eigenvalue weighted by Gasteiger charge is -2.05. The second-order valence-corrected chi connectivity index (χ2v) is 5.96. The van der Waals surface area contributed by atoms with Gasteiger partial charge in [0.05, 0.1) is 11.5 Å². The SMILES string of the molecule is C=C(/C=C\C(F)=N/C)OCc1cn2cc(/C(C)=C(C)/C=C(\C)F)cnc2n1. The first-order chi connectivity index (χ1) is 12.8. The topological polar surface area (TPSA) is 51.8 Å². The van der Waals surface area contributed by atoms with E-state index in [1.165, 1.54) is 32.2 Å². The molecule has 0 aliphatic heterocycles. The van der Waals surface area contributed by atoms with E-state index in [-0.39, 0.29) is 12.4 Å². The van der Waals surface area contributed by atoms with Gasteiger partial charge in [0.15, 0.2) is 0 Å². The molecule has 7 heteroatoms.